The number of ether oxygens (including phenoxy) is 2. The van der Waals surface area contributed by atoms with Crippen molar-refractivity contribution in [2.24, 2.45) is 5.92 Å². The highest BCUT2D eigenvalue weighted by atomic mass is 16.5. The fraction of sp³-hybridized carbons (Fsp3) is 0.500. The van der Waals surface area contributed by atoms with Crippen LogP contribution in [0.4, 0.5) is 0 Å². The molecule has 134 valence electrons. The van der Waals surface area contributed by atoms with Crippen molar-refractivity contribution in [2.45, 2.75) is 51.6 Å². The van der Waals surface area contributed by atoms with E-state index in [1.807, 2.05) is 0 Å². The molecular weight excluding hydrogens is 312 g/mol. The van der Waals surface area contributed by atoms with Gasteiger partial charge in [-0.15, -0.1) is 0 Å². The van der Waals surface area contributed by atoms with E-state index in [-0.39, 0.29) is 12.1 Å². The van der Waals surface area contributed by atoms with Crippen molar-refractivity contribution in [3.05, 3.63) is 58.7 Å². The molecule has 2 unspecified atom stereocenters. The minimum atomic E-state index is -0.150. The summed E-state index contributed by atoms with van der Waals surface area (Å²) in [7, 11) is 1.44. The quantitative estimate of drug-likeness (QED) is 0.650. The Labute approximate surface area is 150 Å². The van der Waals surface area contributed by atoms with Gasteiger partial charge in [0.1, 0.15) is 0 Å². The van der Waals surface area contributed by atoms with Gasteiger partial charge >= 0.3 is 5.97 Å². The van der Waals surface area contributed by atoms with Gasteiger partial charge in [-0.3, -0.25) is 4.79 Å². The van der Waals surface area contributed by atoms with Crippen molar-refractivity contribution in [1.29, 1.82) is 0 Å². The lowest BCUT2D eigenvalue weighted by atomic mass is 9.93. The molecule has 0 amide bonds. The van der Waals surface area contributed by atoms with Gasteiger partial charge in [-0.05, 0) is 55.7 Å². The molecule has 3 aliphatic rings. The fourth-order valence-electron chi connectivity index (χ4n) is 3.83. The first-order valence-electron chi connectivity index (χ1n) is 9.28. The lowest BCUT2D eigenvalue weighted by Gasteiger charge is -2.23. The molecule has 0 aromatic carbocycles. The van der Waals surface area contributed by atoms with E-state index in [0.717, 1.165) is 25.9 Å². The predicted molar refractivity (Wildman–Crippen MR) is 100 cm³/mol. The van der Waals surface area contributed by atoms with E-state index in [9.17, 15) is 4.79 Å². The number of rotatable bonds is 6. The lowest BCUT2D eigenvalue weighted by Crippen LogP contribution is -2.19. The Balaban J connectivity index is 1.50. The van der Waals surface area contributed by atoms with Crippen LogP contribution >= 0.6 is 0 Å². The van der Waals surface area contributed by atoms with Gasteiger partial charge in [0.2, 0.25) is 0 Å². The maximum Gasteiger partial charge on any atom is 0.305 e. The van der Waals surface area contributed by atoms with Gasteiger partial charge in [-0.25, -0.2) is 0 Å². The van der Waals surface area contributed by atoms with E-state index in [0.29, 0.717) is 12.3 Å². The molecule has 0 bridgehead atoms. The predicted octanol–water partition coefficient (Wildman–Crippen LogP) is 4.82. The zero-order valence-corrected chi connectivity index (χ0v) is 15.3. The molecule has 3 rings (SSSR count). The van der Waals surface area contributed by atoms with E-state index in [1.165, 1.54) is 42.2 Å². The standard InChI is InChI=1S/C22H28O3/c1-16-14-20(12-10-17(16)11-13-22(23)24-2)25-15-19-9-8-18-6-4-3-5-7-21(18)19/h4-7,10,12,19-20H,3,8-9,11,13-15H2,1-2H3. The largest absolute Gasteiger partial charge is 0.469 e. The summed E-state index contributed by atoms with van der Waals surface area (Å²) in [6.45, 7) is 2.93. The molecule has 0 aliphatic heterocycles. The Hall–Kier alpha value is -1.87. The summed E-state index contributed by atoms with van der Waals surface area (Å²) in [4.78, 5) is 11.3. The molecule has 3 nitrogen and oxygen atoms in total. The summed E-state index contributed by atoms with van der Waals surface area (Å²) >= 11 is 0. The zero-order chi connectivity index (χ0) is 17.6. The van der Waals surface area contributed by atoms with Gasteiger partial charge in [0.15, 0.2) is 0 Å². The van der Waals surface area contributed by atoms with Crippen LogP contribution in [0.3, 0.4) is 0 Å². The van der Waals surface area contributed by atoms with Crippen LogP contribution in [-0.4, -0.2) is 25.8 Å². The van der Waals surface area contributed by atoms with Crippen LogP contribution in [0.5, 0.6) is 0 Å². The molecule has 0 radical (unpaired) electrons. The van der Waals surface area contributed by atoms with E-state index in [1.54, 1.807) is 0 Å². The number of hydrogen-bond donors (Lipinski definition) is 0. The summed E-state index contributed by atoms with van der Waals surface area (Å²) < 4.78 is 10.9. The van der Waals surface area contributed by atoms with Crippen LogP contribution in [-0.2, 0) is 14.3 Å². The summed E-state index contributed by atoms with van der Waals surface area (Å²) in [6.07, 6.45) is 19.0. The Morgan fingerprint density at radius 1 is 1.24 bits per heavy atom. The number of allylic oxidation sites excluding steroid dienone is 7. The SMILES string of the molecule is COC(=O)CCC1=C(C)CC(OCC2CCC3=C2C=CCC=C3)C=C1. The zero-order valence-electron chi connectivity index (χ0n) is 15.3. The van der Waals surface area contributed by atoms with Gasteiger partial charge in [-0.1, -0.05) is 42.0 Å². The van der Waals surface area contributed by atoms with Crippen LogP contribution in [0.2, 0.25) is 0 Å². The van der Waals surface area contributed by atoms with Gasteiger partial charge in [-0.2, -0.15) is 0 Å². The number of hydrogen-bond acceptors (Lipinski definition) is 3. The van der Waals surface area contributed by atoms with E-state index in [4.69, 9.17) is 9.47 Å². The van der Waals surface area contributed by atoms with Gasteiger partial charge < -0.3 is 9.47 Å². The number of carbonyl (C=O) groups is 1. The van der Waals surface area contributed by atoms with Crippen molar-refractivity contribution in [3.63, 3.8) is 0 Å². The lowest BCUT2D eigenvalue weighted by molar-refractivity contribution is -0.140. The number of esters is 1. The van der Waals surface area contributed by atoms with Crippen LogP contribution in [0.15, 0.2) is 58.7 Å². The molecular formula is C22H28O3. The first-order valence-corrected chi connectivity index (χ1v) is 9.28. The molecule has 3 aliphatic carbocycles. The highest BCUT2D eigenvalue weighted by molar-refractivity contribution is 5.69. The van der Waals surface area contributed by atoms with E-state index < -0.39 is 0 Å². The third kappa shape index (κ3) is 4.60. The minimum Gasteiger partial charge on any atom is -0.469 e. The van der Waals surface area contributed by atoms with Gasteiger partial charge in [0.25, 0.3) is 0 Å². The summed E-state index contributed by atoms with van der Waals surface area (Å²) in [6, 6.07) is 0. The van der Waals surface area contributed by atoms with Gasteiger partial charge in [0, 0.05) is 12.3 Å². The number of carbonyl (C=O) groups excluding carboxylic acids is 1. The highest BCUT2D eigenvalue weighted by Gasteiger charge is 2.25. The Morgan fingerprint density at radius 2 is 2.08 bits per heavy atom. The van der Waals surface area contributed by atoms with Crippen LogP contribution in [0, 0.1) is 5.92 Å². The molecule has 0 saturated carbocycles. The first-order chi connectivity index (χ1) is 12.2. The second-order valence-electron chi connectivity index (χ2n) is 7.07. The van der Waals surface area contributed by atoms with Crippen molar-refractivity contribution in [3.8, 4) is 0 Å². The highest BCUT2D eigenvalue weighted by Crippen LogP contribution is 2.36. The molecule has 0 aromatic rings. The molecule has 0 fully saturated rings. The van der Waals surface area contributed by atoms with Crippen molar-refractivity contribution >= 4 is 5.97 Å². The van der Waals surface area contributed by atoms with E-state index >= 15 is 0 Å². The van der Waals surface area contributed by atoms with Crippen LogP contribution in [0.25, 0.3) is 0 Å². The van der Waals surface area contributed by atoms with Gasteiger partial charge in [0.05, 0.1) is 19.8 Å². The third-order valence-corrected chi connectivity index (χ3v) is 5.37. The normalized spacial score (nSPS) is 25.4. The summed E-state index contributed by atoms with van der Waals surface area (Å²) in [5.74, 6) is 0.371. The molecule has 3 heteroatoms. The van der Waals surface area contributed by atoms with Crippen molar-refractivity contribution < 1.29 is 14.3 Å². The molecule has 0 spiro atoms. The Morgan fingerprint density at radius 3 is 2.88 bits per heavy atom. The topological polar surface area (TPSA) is 35.5 Å². The third-order valence-electron chi connectivity index (χ3n) is 5.37. The monoisotopic (exact) mass is 340 g/mol. The molecule has 0 heterocycles. The molecule has 0 N–H and O–H groups in total. The second-order valence-corrected chi connectivity index (χ2v) is 7.07. The van der Waals surface area contributed by atoms with Crippen molar-refractivity contribution in [2.75, 3.05) is 13.7 Å². The maximum absolute atomic E-state index is 11.3. The molecule has 0 aromatic heterocycles. The minimum absolute atomic E-state index is 0.150. The molecule has 0 saturated heterocycles. The summed E-state index contributed by atoms with van der Waals surface area (Å²) in [5, 5.41) is 0. The van der Waals surface area contributed by atoms with Crippen LogP contribution < -0.4 is 0 Å². The fourth-order valence-corrected chi connectivity index (χ4v) is 3.83. The van der Waals surface area contributed by atoms with E-state index in [2.05, 4.69) is 43.4 Å². The first kappa shape index (κ1) is 17.9. The average molecular weight is 340 g/mol. The smallest absolute Gasteiger partial charge is 0.305 e. The second kappa shape index (κ2) is 8.48. The summed E-state index contributed by atoms with van der Waals surface area (Å²) in [5.41, 5.74) is 5.52. The average Bonchev–Trinajstić information content (AvgIpc) is 2.85. The Kier molecular flexibility index (Phi) is 6.09. The molecule has 25 heavy (non-hydrogen) atoms. The van der Waals surface area contributed by atoms with Crippen LogP contribution in [0.1, 0.15) is 45.4 Å². The maximum atomic E-state index is 11.3. The number of methoxy groups -OCH3 is 1. The van der Waals surface area contributed by atoms with Crippen molar-refractivity contribution in [1.82, 2.24) is 0 Å². The molecule has 2 atom stereocenters. The Bertz CT molecular complexity index is 661.